The minimum absolute atomic E-state index is 0.160. The molecule has 0 atom stereocenters. The summed E-state index contributed by atoms with van der Waals surface area (Å²) in [6, 6.07) is 27.0. The molecular formula is C22H17N3O2S. The first-order valence-electron chi connectivity index (χ1n) is 8.75. The van der Waals surface area contributed by atoms with E-state index in [9.17, 15) is 4.79 Å². The van der Waals surface area contributed by atoms with E-state index in [4.69, 9.17) is 4.42 Å². The average Bonchev–Trinajstić information content (AvgIpc) is 3.17. The molecule has 1 amide bonds. The molecule has 1 N–H and O–H groups in total. The second kappa shape index (κ2) is 8.54. The summed E-state index contributed by atoms with van der Waals surface area (Å²) in [6.07, 6.45) is 0. The van der Waals surface area contributed by atoms with E-state index in [1.807, 2.05) is 84.9 Å². The number of hydrazone groups is 1. The van der Waals surface area contributed by atoms with Crippen LogP contribution in [0.4, 0.5) is 0 Å². The van der Waals surface area contributed by atoms with Crippen molar-refractivity contribution in [3.63, 3.8) is 0 Å². The molecule has 5 nitrogen and oxygen atoms in total. The lowest BCUT2D eigenvalue weighted by atomic mass is 10.0. The van der Waals surface area contributed by atoms with E-state index in [1.54, 1.807) is 0 Å². The highest BCUT2D eigenvalue weighted by atomic mass is 32.2. The van der Waals surface area contributed by atoms with Crippen LogP contribution in [0.15, 0.2) is 99.7 Å². The molecule has 28 heavy (non-hydrogen) atoms. The monoisotopic (exact) mass is 387 g/mol. The number of hydrogen-bond acceptors (Lipinski definition) is 5. The first kappa shape index (κ1) is 18.0. The summed E-state index contributed by atoms with van der Waals surface area (Å²) in [5.74, 6) is -0.0655. The van der Waals surface area contributed by atoms with Gasteiger partial charge in [0.15, 0.2) is 5.58 Å². The molecule has 0 fully saturated rings. The van der Waals surface area contributed by atoms with Crippen LogP contribution < -0.4 is 5.43 Å². The second-order valence-corrected chi connectivity index (χ2v) is 6.89. The molecule has 0 spiro atoms. The van der Waals surface area contributed by atoms with E-state index >= 15 is 0 Å². The van der Waals surface area contributed by atoms with Crippen LogP contribution in [0.25, 0.3) is 11.1 Å². The van der Waals surface area contributed by atoms with Gasteiger partial charge in [-0.1, -0.05) is 84.6 Å². The van der Waals surface area contributed by atoms with Crippen molar-refractivity contribution in [3.05, 3.63) is 96.1 Å². The molecule has 0 radical (unpaired) electrons. The van der Waals surface area contributed by atoms with Gasteiger partial charge in [-0.25, -0.2) is 10.4 Å². The quantitative estimate of drug-likeness (QED) is 0.301. The van der Waals surface area contributed by atoms with Crippen LogP contribution >= 0.6 is 11.8 Å². The number of fused-ring (bicyclic) bond motifs is 1. The molecule has 138 valence electrons. The maximum atomic E-state index is 12.3. The van der Waals surface area contributed by atoms with Gasteiger partial charge in [0.05, 0.1) is 11.5 Å². The van der Waals surface area contributed by atoms with Gasteiger partial charge in [-0.3, -0.25) is 4.79 Å². The number of aromatic nitrogens is 1. The summed E-state index contributed by atoms with van der Waals surface area (Å²) < 4.78 is 5.62. The minimum Gasteiger partial charge on any atom is -0.431 e. The highest BCUT2D eigenvalue weighted by molar-refractivity contribution is 7.99. The van der Waals surface area contributed by atoms with Crippen molar-refractivity contribution in [3.8, 4) is 0 Å². The van der Waals surface area contributed by atoms with Crippen molar-refractivity contribution >= 4 is 34.5 Å². The van der Waals surface area contributed by atoms with Crippen molar-refractivity contribution in [1.29, 1.82) is 0 Å². The lowest BCUT2D eigenvalue weighted by Crippen LogP contribution is -2.22. The van der Waals surface area contributed by atoms with Gasteiger partial charge < -0.3 is 4.42 Å². The van der Waals surface area contributed by atoms with Crippen LogP contribution in [0.1, 0.15) is 11.1 Å². The number of nitrogens with one attached hydrogen (secondary N) is 1. The van der Waals surface area contributed by atoms with Gasteiger partial charge in [-0.2, -0.15) is 5.10 Å². The molecule has 1 aromatic heterocycles. The van der Waals surface area contributed by atoms with Crippen LogP contribution in [0.3, 0.4) is 0 Å². The number of benzene rings is 3. The zero-order valence-corrected chi connectivity index (χ0v) is 15.7. The first-order valence-corrected chi connectivity index (χ1v) is 9.74. The second-order valence-electron chi connectivity index (χ2n) is 5.96. The Morgan fingerprint density at radius 3 is 2.14 bits per heavy atom. The third kappa shape index (κ3) is 4.29. The van der Waals surface area contributed by atoms with Crippen molar-refractivity contribution in [2.45, 2.75) is 5.22 Å². The average molecular weight is 387 g/mol. The number of para-hydroxylation sites is 2. The molecule has 6 heteroatoms. The molecule has 0 bridgehead atoms. The highest BCUT2D eigenvalue weighted by Crippen LogP contribution is 2.22. The summed E-state index contributed by atoms with van der Waals surface area (Å²) in [7, 11) is 0. The van der Waals surface area contributed by atoms with Crippen LogP contribution in [-0.4, -0.2) is 22.4 Å². The van der Waals surface area contributed by atoms with E-state index in [0.717, 1.165) is 16.6 Å². The SMILES string of the molecule is O=C(CSc1nc2ccccc2o1)NN=C(c1ccccc1)c1ccccc1. The van der Waals surface area contributed by atoms with E-state index in [0.29, 0.717) is 16.5 Å². The highest BCUT2D eigenvalue weighted by Gasteiger charge is 2.10. The minimum atomic E-state index is -0.225. The standard InChI is InChI=1S/C22H17N3O2S/c26-20(15-28-22-23-18-13-7-8-14-19(18)27-22)24-25-21(16-9-3-1-4-10-16)17-11-5-2-6-12-17/h1-14H,15H2,(H,24,26). The maximum Gasteiger partial charge on any atom is 0.257 e. The number of thioether (sulfide) groups is 1. The van der Waals surface area contributed by atoms with Gasteiger partial charge in [0.1, 0.15) is 5.52 Å². The smallest absolute Gasteiger partial charge is 0.257 e. The van der Waals surface area contributed by atoms with Gasteiger partial charge in [0.25, 0.3) is 11.1 Å². The fourth-order valence-corrected chi connectivity index (χ4v) is 3.31. The molecular weight excluding hydrogens is 370 g/mol. The third-order valence-corrected chi connectivity index (χ3v) is 4.82. The zero-order chi connectivity index (χ0) is 19.2. The van der Waals surface area contributed by atoms with Gasteiger partial charge >= 0.3 is 0 Å². The van der Waals surface area contributed by atoms with E-state index in [1.165, 1.54) is 11.8 Å². The van der Waals surface area contributed by atoms with E-state index in [2.05, 4.69) is 15.5 Å². The molecule has 0 unspecified atom stereocenters. The summed E-state index contributed by atoms with van der Waals surface area (Å²) >= 11 is 1.24. The number of amides is 1. The molecule has 0 saturated carbocycles. The van der Waals surface area contributed by atoms with Crippen LogP contribution in [-0.2, 0) is 4.79 Å². The van der Waals surface area contributed by atoms with Crippen molar-refractivity contribution in [2.75, 3.05) is 5.75 Å². The molecule has 4 aromatic rings. The summed E-state index contributed by atoms with van der Waals surface area (Å²) in [6.45, 7) is 0. The number of oxazole rings is 1. The Kier molecular flexibility index (Phi) is 5.49. The molecule has 3 aromatic carbocycles. The summed E-state index contributed by atoms with van der Waals surface area (Å²) in [4.78, 5) is 16.6. The first-order chi connectivity index (χ1) is 13.8. The fourth-order valence-electron chi connectivity index (χ4n) is 2.68. The lowest BCUT2D eigenvalue weighted by Gasteiger charge is -2.07. The van der Waals surface area contributed by atoms with Crippen molar-refractivity contribution < 1.29 is 9.21 Å². The molecule has 0 aliphatic carbocycles. The van der Waals surface area contributed by atoms with Crippen molar-refractivity contribution in [1.82, 2.24) is 10.4 Å². The Morgan fingerprint density at radius 2 is 1.50 bits per heavy atom. The Morgan fingerprint density at radius 1 is 0.893 bits per heavy atom. The van der Waals surface area contributed by atoms with Crippen LogP contribution in [0, 0.1) is 0 Å². The van der Waals surface area contributed by atoms with Crippen LogP contribution in [0.2, 0.25) is 0 Å². The number of nitrogens with zero attached hydrogens (tertiary/aromatic N) is 2. The molecule has 1 heterocycles. The molecule has 0 aliphatic rings. The predicted octanol–water partition coefficient (Wildman–Crippen LogP) is 4.49. The molecule has 0 saturated heterocycles. The largest absolute Gasteiger partial charge is 0.431 e. The van der Waals surface area contributed by atoms with Gasteiger partial charge in [0.2, 0.25) is 0 Å². The van der Waals surface area contributed by atoms with Gasteiger partial charge in [-0.05, 0) is 12.1 Å². The Labute approximate surface area is 166 Å². The number of carbonyl (C=O) groups excluding carboxylic acids is 1. The third-order valence-electron chi connectivity index (χ3n) is 3.99. The van der Waals surface area contributed by atoms with E-state index < -0.39 is 0 Å². The number of carbonyl (C=O) groups is 1. The van der Waals surface area contributed by atoms with Crippen molar-refractivity contribution in [2.24, 2.45) is 5.10 Å². The number of rotatable bonds is 6. The summed E-state index contributed by atoms with van der Waals surface area (Å²) in [5.41, 5.74) is 6.70. The Balaban J connectivity index is 1.46. The zero-order valence-electron chi connectivity index (χ0n) is 14.9. The maximum absolute atomic E-state index is 12.3. The lowest BCUT2D eigenvalue weighted by molar-refractivity contribution is -0.118. The molecule has 4 rings (SSSR count). The van der Waals surface area contributed by atoms with E-state index in [-0.39, 0.29) is 11.7 Å². The fraction of sp³-hybridized carbons (Fsp3) is 0.0455. The van der Waals surface area contributed by atoms with Gasteiger partial charge in [0, 0.05) is 11.1 Å². The Hall–Kier alpha value is -3.38. The number of hydrogen-bond donors (Lipinski definition) is 1. The van der Waals surface area contributed by atoms with Gasteiger partial charge in [-0.15, -0.1) is 0 Å². The topological polar surface area (TPSA) is 67.5 Å². The Bertz CT molecular complexity index is 1030. The van der Waals surface area contributed by atoms with Crippen LogP contribution in [0.5, 0.6) is 0 Å². The predicted molar refractivity (Wildman–Crippen MR) is 111 cm³/mol. The normalized spacial score (nSPS) is 10.6. The summed E-state index contributed by atoms with van der Waals surface area (Å²) in [5, 5.41) is 4.84. The molecule has 0 aliphatic heterocycles.